The molecule has 0 amide bonds. The summed E-state index contributed by atoms with van der Waals surface area (Å²) < 4.78 is 13.6. The smallest absolute Gasteiger partial charge is 0.147 e. The molecule has 0 radical (unpaired) electrons. The van der Waals surface area contributed by atoms with E-state index in [0.717, 1.165) is 0 Å². The number of aryl methyl sites for hydroxylation is 2. The summed E-state index contributed by atoms with van der Waals surface area (Å²) >= 11 is 5.71. The van der Waals surface area contributed by atoms with E-state index in [1.807, 2.05) is 6.07 Å². The molecule has 2 aromatic rings. The minimum absolute atomic E-state index is 0.318. The summed E-state index contributed by atoms with van der Waals surface area (Å²) in [6.07, 6.45) is 4.10. The maximum absolute atomic E-state index is 13.6. The molecule has 0 unspecified atom stereocenters. The lowest BCUT2D eigenvalue weighted by Crippen LogP contribution is -1.98. The molecule has 0 aliphatic carbocycles. The van der Waals surface area contributed by atoms with Gasteiger partial charge >= 0.3 is 0 Å². The van der Waals surface area contributed by atoms with Crippen LogP contribution in [0, 0.1) is 17.1 Å². The van der Waals surface area contributed by atoms with E-state index in [-0.39, 0.29) is 5.82 Å². The number of benzene rings is 1. The van der Waals surface area contributed by atoms with Crippen molar-refractivity contribution in [3.63, 3.8) is 0 Å². The first-order valence-electron chi connectivity index (χ1n) is 5.34. The third kappa shape index (κ3) is 3.02. The molecule has 1 aromatic carbocycles. The maximum atomic E-state index is 13.6. The van der Waals surface area contributed by atoms with E-state index in [9.17, 15) is 4.39 Å². The van der Waals surface area contributed by atoms with Crippen LogP contribution in [0.5, 0.6) is 0 Å². The van der Waals surface area contributed by atoms with Gasteiger partial charge in [-0.05, 0) is 30.5 Å². The number of halogens is 2. The van der Waals surface area contributed by atoms with Crippen molar-refractivity contribution in [2.24, 2.45) is 0 Å². The first kappa shape index (κ1) is 12.5. The largest absolute Gasteiger partial charge is 0.260 e. The van der Waals surface area contributed by atoms with Crippen LogP contribution in [-0.4, -0.2) is 9.97 Å². The summed E-state index contributed by atoms with van der Waals surface area (Å²) in [7, 11) is 0. The van der Waals surface area contributed by atoms with Gasteiger partial charge in [0.05, 0.1) is 23.5 Å². The van der Waals surface area contributed by atoms with Gasteiger partial charge in [-0.1, -0.05) is 17.7 Å². The Labute approximate surface area is 109 Å². The molecule has 0 aliphatic rings. The van der Waals surface area contributed by atoms with E-state index < -0.39 is 0 Å². The molecule has 0 spiro atoms. The highest BCUT2D eigenvalue weighted by atomic mass is 35.5. The molecule has 3 nitrogen and oxygen atoms in total. The van der Waals surface area contributed by atoms with E-state index in [0.29, 0.717) is 34.8 Å². The summed E-state index contributed by atoms with van der Waals surface area (Å²) in [5, 5.41) is 8.97. The van der Waals surface area contributed by atoms with Crippen molar-refractivity contribution in [3.8, 4) is 6.07 Å². The molecule has 90 valence electrons. The second-order valence-corrected chi connectivity index (χ2v) is 4.14. The average molecular weight is 262 g/mol. The molecule has 0 bridgehead atoms. The predicted molar refractivity (Wildman–Crippen MR) is 65.6 cm³/mol. The predicted octanol–water partition coefficient (Wildman–Crippen LogP) is 2.93. The fourth-order valence-corrected chi connectivity index (χ4v) is 1.75. The lowest BCUT2D eigenvalue weighted by Gasteiger charge is -2.03. The van der Waals surface area contributed by atoms with Crippen molar-refractivity contribution in [1.29, 1.82) is 5.26 Å². The molecule has 0 saturated carbocycles. The Kier molecular flexibility index (Phi) is 3.85. The van der Waals surface area contributed by atoms with E-state index >= 15 is 0 Å². The lowest BCUT2D eigenvalue weighted by atomic mass is 10.1. The standard InChI is InChI=1S/C13H9ClFN3/c14-13-8-17-7-11(18-13)4-3-10-2-1-9(6-16)5-12(10)15/h1-2,5,7-8H,3-4H2. The van der Waals surface area contributed by atoms with Crippen LogP contribution in [0.15, 0.2) is 30.6 Å². The summed E-state index contributed by atoms with van der Waals surface area (Å²) in [4.78, 5) is 7.99. The van der Waals surface area contributed by atoms with Gasteiger partial charge in [0.25, 0.3) is 0 Å². The van der Waals surface area contributed by atoms with Crippen LogP contribution in [0.4, 0.5) is 4.39 Å². The normalized spacial score (nSPS) is 10.1. The molecule has 0 N–H and O–H groups in total. The van der Waals surface area contributed by atoms with Crippen LogP contribution in [0.1, 0.15) is 16.8 Å². The zero-order chi connectivity index (χ0) is 13.0. The third-order valence-electron chi connectivity index (χ3n) is 2.49. The molecule has 1 aromatic heterocycles. The highest BCUT2D eigenvalue weighted by Gasteiger charge is 2.05. The molecule has 18 heavy (non-hydrogen) atoms. The Morgan fingerprint density at radius 1 is 1.28 bits per heavy atom. The van der Waals surface area contributed by atoms with Crippen LogP contribution in [0.25, 0.3) is 0 Å². The van der Waals surface area contributed by atoms with Gasteiger partial charge in [0, 0.05) is 6.20 Å². The number of aromatic nitrogens is 2. The van der Waals surface area contributed by atoms with Gasteiger partial charge in [-0.2, -0.15) is 5.26 Å². The Balaban J connectivity index is 2.09. The van der Waals surface area contributed by atoms with Crippen molar-refractivity contribution in [1.82, 2.24) is 9.97 Å². The van der Waals surface area contributed by atoms with Crippen LogP contribution >= 0.6 is 11.6 Å². The fourth-order valence-electron chi connectivity index (χ4n) is 1.58. The molecule has 5 heteroatoms. The molecule has 1 heterocycles. The van der Waals surface area contributed by atoms with Gasteiger partial charge in [-0.25, -0.2) is 9.37 Å². The van der Waals surface area contributed by atoms with E-state index in [4.69, 9.17) is 16.9 Å². The number of hydrogen-bond donors (Lipinski definition) is 0. The Morgan fingerprint density at radius 3 is 2.78 bits per heavy atom. The molecule has 2 rings (SSSR count). The highest BCUT2D eigenvalue weighted by molar-refractivity contribution is 6.29. The quantitative estimate of drug-likeness (QED) is 0.854. The summed E-state index contributed by atoms with van der Waals surface area (Å²) in [6, 6.07) is 6.35. The molecule has 0 aliphatic heterocycles. The number of nitriles is 1. The zero-order valence-electron chi connectivity index (χ0n) is 9.40. The average Bonchev–Trinajstić information content (AvgIpc) is 2.37. The Hall–Kier alpha value is -1.99. The summed E-state index contributed by atoms with van der Waals surface area (Å²) in [6.45, 7) is 0. The highest BCUT2D eigenvalue weighted by Crippen LogP contribution is 2.13. The summed E-state index contributed by atoms with van der Waals surface area (Å²) in [5.74, 6) is -0.371. The Morgan fingerprint density at radius 2 is 2.11 bits per heavy atom. The van der Waals surface area contributed by atoms with Crippen molar-refractivity contribution in [2.75, 3.05) is 0 Å². The molecular formula is C13H9ClFN3. The maximum Gasteiger partial charge on any atom is 0.147 e. The molecule has 0 saturated heterocycles. The van der Waals surface area contributed by atoms with E-state index in [1.165, 1.54) is 12.3 Å². The Bertz CT molecular complexity index is 607. The number of rotatable bonds is 3. The van der Waals surface area contributed by atoms with Gasteiger partial charge < -0.3 is 0 Å². The van der Waals surface area contributed by atoms with E-state index in [1.54, 1.807) is 18.3 Å². The fraction of sp³-hybridized carbons (Fsp3) is 0.154. The third-order valence-corrected chi connectivity index (χ3v) is 2.67. The van der Waals surface area contributed by atoms with Gasteiger partial charge in [-0.3, -0.25) is 4.98 Å². The van der Waals surface area contributed by atoms with Gasteiger partial charge in [0.1, 0.15) is 11.0 Å². The summed E-state index contributed by atoms with van der Waals surface area (Å²) in [5.41, 5.74) is 1.58. The van der Waals surface area contributed by atoms with Crippen LogP contribution in [0.3, 0.4) is 0 Å². The monoisotopic (exact) mass is 261 g/mol. The van der Waals surface area contributed by atoms with Crippen LogP contribution < -0.4 is 0 Å². The SMILES string of the molecule is N#Cc1ccc(CCc2cncc(Cl)n2)c(F)c1. The second-order valence-electron chi connectivity index (χ2n) is 3.75. The minimum atomic E-state index is -0.371. The van der Waals surface area contributed by atoms with Crippen molar-refractivity contribution in [3.05, 3.63) is 58.4 Å². The first-order chi connectivity index (χ1) is 8.69. The minimum Gasteiger partial charge on any atom is -0.260 e. The number of hydrogen-bond acceptors (Lipinski definition) is 3. The van der Waals surface area contributed by atoms with Crippen molar-refractivity contribution in [2.45, 2.75) is 12.8 Å². The molecular weight excluding hydrogens is 253 g/mol. The first-order valence-corrected chi connectivity index (χ1v) is 5.72. The van der Waals surface area contributed by atoms with Crippen LogP contribution in [-0.2, 0) is 12.8 Å². The van der Waals surface area contributed by atoms with Gasteiger partial charge in [-0.15, -0.1) is 0 Å². The van der Waals surface area contributed by atoms with Crippen molar-refractivity contribution >= 4 is 11.6 Å². The zero-order valence-corrected chi connectivity index (χ0v) is 10.2. The topological polar surface area (TPSA) is 49.6 Å². The van der Waals surface area contributed by atoms with Gasteiger partial charge in [0.15, 0.2) is 0 Å². The molecule has 0 fully saturated rings. The second kappa shape index (κ2) is 5.56. The van der Waals surface area contributed by atoms with Crippen LogP contribution in [0.2, 0.25) is 5.15 Å². The molecule has 0 atom stereocenters. The van der Waals surface area contributed by atoms with Gasteiger partial charge in [0.2, 0.25) is 0 Å². The van der Waals surface area contributed by atoms with Crippen molar-refractivity contribution < 1.29 is 4.39 Å². The number of nitrogens with zero attached hydrogens (tertiary/aromatic N) is 3. The van der Waals surface area contributed by atoms with E-state index in [2.05, 4.69) is 9.97 Å². The lowest BCUT2D eigenvalue weighted by molar-refractivity contribution is 0.607.